The van der Waals surface area contributed by atoms with Crippen LogP contribution in [0.25, 0.3) is 0 Å². The molecule has 1 saturated heterocycles. The number of pyridine rings is 1. The van der Waals surface area contributed by atoms with Gasteiger partial charge in [-0.1, -0.05) is 0 Å². The minimum atomic E-state index is -4.47. The summed E-state index contributed by atoms with van der Waals surface area (Å²) in [7, 11) is 0. The van der Waals surface area contributed by atoms with E-state index in [0.717, 1.165) is 23.7 Å². The summed E-state index contributed by atoms with van der Waals surface area (Å²) in [5, 5.41) is 4.43. The lowest BCUT2D eigenvalue weighted by Crippen LogP contribution is -2.39. The first kappa shape index (κ1) is 18.0. The smallest absolute Gasteiger partial charge is 0.376 e. The zero-order valence-electron chi connectivity index (χ0n) is 14.6. The number of halogens is 3. The van der Waals surface area contributed by atoms with Crippen LogP contribution in [0.2, 0.25) is 0 Å². The van der Waals surface area contributed by atoms with Crippen LogP contribution in [0.4, 0.5) is 19.0 Å². The van der Waals surface area contributed by atoms with E-state index >= 15 is 0 Å². The predicted molar refractivity (Wildman–Crippen MR) is 91.5 cm³/mol. The van der Waals surface area contributed by atoms with Gasteiger partial charge >= 0.3 is 6.18 Å². The molecule has 1 unspecified atom stereocenters. The highest BCUT2D eigenvalue weighted by atomic mass is 19.4. The van der Waals surface area contributed by atoms with Gasteiger partial charge in [-0.15, -0.1) is 0 Å². The van der Waals surface area contributed by atoms with Crippen LogP contribution in [0.15, 0.2) is 29.2 Å². The number of fused-ring (bicyclic) bond motifs is 1. The van der Waals surface area contributed by atoms with E-state index in [1.165, 1.54) is 23.0 Å². The van der Waals surface area contributed by atoms with Crippen molar-refractivity contribution in [2.24, 2.45) is 0 Å². The maximum absolute atomic E-state index is 13.4. The lowest BCUT2D eigenvalue weighted by Gasteiger charge is -2.28. The van der Waals surface area contributed by atoms with Crippen molar-refractivity contribution < 1.29 is 17.9 Å². The van der Waals surface area contributed by atoms with E-state index in [4.69, 9.17) is 4.74 Å². The average Bonchev–Trinajstić information content (AvgIpc) is 3.10. The fourth-order valence-electron chi connectivity index (χ4n) is 3.73. The van der Waals surface area contributed by atoms with Gasteiger partial charge < -0.3 is 9.64 Å². The van der Waals surface area contributed by atoms with E-state index in [1.807, 2.05) is 0 Å². The Morgan fingerprint density at radius 1 is 1.33 bits per heavy atom. The van der Waals surface area contributed by atoms with Crippen LogP contribution < -0.4 is 10.5 Å². The number of hydrogen-bond donors (Lipinski definition) is 0. The second-order valence-corrected chi connectivity index (χ2v) is 6.80. The number of rotatable bonds is 3. The summed E-state index contributed by atoms with van der Waals surface area (Å²) in [6, 6.07) is 3.59. The number of alkyl halides is 3. The van der Waals surface area contributed by atoms with Gasteiger partial charge in [-0.25, -0.2) is 9.67 Å². The van der Waals surface area contributed by atoms with Crippen LogP contribution >= 0.6 is 0 Å². The Bertz CT molecular complexity index is 897. The van der Waals surface area contributed by atoms with Crippen LogP contribution in [-0.4, -0.2) is 34.0 Å². The molecule has 6 nitrogen and oxygen atoms in total. The molecule has 4 rings (SSSR count). The third-order valence-corrected chi connectivity index (χ3v) is 5.03. The molecule has 1 atom stereocenters. The maximum atomic E-state index is 13.4. The molecule has 0 radical (unpaired) electrons. The Morgan fingerprint density at radius 3 is 3.00 bits per heavy atom. The van der Waals surface area contributed by atoms with Crippen molar-refractivity contribution in [3.05, 3.63) is 51.6 Å². The third kappa shape index (κ3) is 3.55. The molecule has 27 heavy (non-hydrogen) atoms. The van der Waals surface area contributed by atoms with E-state index in [2.05, 4.69) is 10.1 Å². The van der Waals surface area contributed by atoms with E-state index < -0.39 is 11.7 Å². The van der Waals surface area contributed by atoms with Gasteiger partial charge in [-0.05, 0) is 25.0 Å². The molecule has 2 aromatic rings. The molecule has 2 aromatic heterocycles. The quantitative estimate of drug-likeness (QED) is 0.818. The molecule has 2 aliphatic heterocycles. The summed E-state index contributed by atoms with van der Waals surface area (Å²) >= 11 is 0. The Labute approximate surface area is 153 Å². The summed E-state index contributed by atoms with van der Waals surface area (Å²) in [6.07, 6.45) is -1.06. The number of ether oxygens (including phenoxy) is 1. The molecule has 0 bridgehead atoms. The first-order valence-electron chi connectivity index (χ1n) is 8.90. The highest BCUT2D eigenvalue weighted by Gasteiger charge is 2.38. The molecule has 0 spiro atoms. The number of hydrogen-bond acceptors (Lipinski definition) is 5. The van der Waals surface area contributed by atoms with Crippen LogP contribution in [0.1, 0.15) is 29.7 Å². The molecule has 9 heteroatoms. The highest BCUT2D eigenvalue weighted by Crippen LogP contribution is 2.37. The molecule has 2 aliphatic rings. The lowest BCUT2D eigenvalue weighted by molar-refractivity contribution is -0.137. The van der Waals surface area contributed by atoms with Crippen LogP contribution in [0.3, 0.4) is 0 Å². The Kier molecular flexibility index (Phi) is 4.63. The van der Waals surface area contributed by atoms with Crippen molar-refractivity contribution in [2.75, 3.05) is 18.1 Å². The van der Waals surface area contributed by atoms with Gasteiger partial charge in [0.2, 0.25) is 0 Å². The molecular formula is C18H19F3N4O2. The van der Waals surface area contributed by atoms with Crippen molar-refractivity contribution in [1.29, 1.82) is 0 Å². The first-order chi connectivity index (χ1) is 12.9. The van der Waals surface area contributed by atoms with Gasteiger partial charge in [-0.2, -0.15) is 18.3 Å². The normalized spacial score (nSPS) is 20.0. The monoisotopic (exact) mass is 380 g/mol. The molecule has 0 saturated carbocycles. The first-order valence-corrected chi connectivity index (χ1v) is 8.90. The van der Waals surface area contributed by atoms with Crippen molar-refractivity contribution >= 4 is 5.82 Å². The van der Waals surface area contributed by atoms with E-state index in [-0.39, 0.29) is 24.0 Å². The molecule has 0 N–H and O–H groups in total. The Morgan fingerprint density at radius 2 is 2.19 bits per heavy atom. The second-order valence-electron chi connectivity index (χ2n) is 6.80. The summed E-state index contributed by atoms with van der Waals surface area (Å²) < 4.78 is 46.8. The van der Waals surface area contributed by atoms with Crippen LogP contribution in [0, 0.1) is 0 Å². The molecule has 0 aliphatic carbocycles. The molecule has 4 heterocycles. The minimum Gasteiger partial charge on any atom is -0.376 e. The van der Waals surface area contributed by atoms with Gasteiger partial charge in [0.15, 0.2) is 0 Å². The zero-order valence-corrected chi connectivity index (χ0v) is 14.6. The van der Waals surface area contributed by atoms with Crippen LogP contribution in [0.5, 0.6) is 0 Å². The topological polar surface area (TPSA) is 60.2 Å². The zero-order chi connectivity index (χ0) is 19.0. The fourth-order valence-corrected chi connectivity index (χ4v) is 3.73. The summed E-state index contributed by atoms with van der Waals surface area (Å²) in [6.45, 7) is 1.63. The van der Waals surface area contributed by atoms with Gasteiger partial charge in [0, 0.05) is 30.8 Å². The molecule has 144 valence electrons. The lowest BCUT2D eigenvalue weighted by atomic mass is 10.1. The summed E-state index contributed by atoms with van der Waals surface area (Å²) in [5.74, 6) is -0.0769. The van der Waals surface area contributed by atoms with Crippen molar-refractivity contribution in [1.82, 2.24) is 14.8 Å². The standard InChI is InChI=1S/C18H19F3N4O2/c19-18(20,21)14-4-1-6-22-17(14)24-7-2-3-13(24)10-25-16(26)9-12-11-27-8-5-15(12)23-25/h1,4,6,9,13H,2-3,5,7-8,10-11H2. The van der Waals surface area contributed by atoms with Crippen molar-refractivity contribution in [2.45, 2.75) is 44.6 Å². The average molecular weight is 380 g/mol. The fraction of sp³-hybridized carbons (Fsp3) is 0.500. The molecular weight excluding hydrogens is 361 g/mol. The SMILES string of the molecule is O=c1cc2c(nn1CC1CCCN1c1ncccc1C(F)(F)F)CCOC2. The highest BCUT2D eigenvalue weighted by molar-refractivity contribution is 5.50. The largest absolute Gasteiger partial charge is 0.419 e. The van der Waals surface area contributed by atoms with Gasteiger partial charge in [0.05, 0.1) is 37.1 Å². The summed E-state index contributed by atoms with van der Waals surface area (Å²) in [4.78, 5) is 18.0. The Balaban J connectivity index is 1.63. The van der Waals surface area contributed by atoms with E-state index in [1.54, 1.807) is 4.90 Å². The van der Waals surface area contributed by atoms with Crippen molar-refractivity contribution in [3.8, 4) is 0 Å². The summed E-state index contributed by atoms with van der Waals surface area (Å²) in [5.41, 5.74) is 0.594. The Hall–Kier alpha value is -2.42. The second kappa shape index (κ2) is 6.95. The van der Waals surface area contributed by atoms with Gasteiger partial charge in [-0.3, -0.25) is 4.79 Å². The van der Waals surface area contributed by atoms with Gasteiger partial charge in [0.25, 0.3) is 5.56 Å². The van der Waals surface area contributed by atoms with E-state index in [0.29, 0.717) is 32.6 Å². The van der Waals surface area contributed by atoms with E-state index in [9.17, 15) is 18.0 Å². The third-order valence-electron chi connectivity index (χ3n) is 5.03. The minimum absolute atomic E-state index is 0.0769. The predicted octanol–water partition coefficient (Wildman–Crippen LogP) is 2.40. The van der Waals surface area contributed by atoms with Gasteiger partial charge in [0.1, 0.15) is 5.82 Å². The number of aromatic nitrogens is 3. The number of anilines is 1. The molecule has 0 amide bonds. The van der Waals surface area contributed by atoms with Crippen LogP contribution in [-0.2, 0) is 30.5 Å². The molecule has 1 fully saturated rings. The molecule has 0 aromatic carbocycles. The number of nitrogens with zero attached hydrogens (tertiary/aromatic N) is 4. The van der Waals surface area contributed by atoms with Crippen molar-refractivity contribution in [3.63, 3.8) is 0 Å². The maximum Gasteiger partial charge on any atom is 0.419 e.